The number of carboxylic acid groups (broad SMARTS) is 1. The summed E-state index contributed by atoms with van der Waals surface area (Å²) in [5.74, 6) is -5.13. The molecule has 1 fully saturated rings. The number of urea groups is 1. The maximum absolute atomic E-state index is 13.0. The van der Waals surface area contributed by atoms with E-state index in [1.165, 1.54) is 18.2 Å². The third-order valence-electron chi connectivity index (χ3n) is 4.06. The largest absolute Gasteiger partial charge is 0.490 e. The number of anilines is 1. The van der Waals surface area contributed by atoms with Crippen LogP contribution in [0, 0.1) is 23.2 Å². The molecule has 146 valence electrons. The lowest BCUT2D eigenvalue weighted by molar-refractivity contribution is -0.187. The topological polar surface area (TPSA) is 103 Å². The van der Waals surface area contributed by atoms with Crippen molar-refractivity contribution in [1.29, 1.82) is 5.26 Å². The Balaban J connectivity index is 2.13. The van der Waals surface area contributed by atoms with Gasteiger partial charge in [-0.15, -0.1) is 0 Å². The number of halogens is 3. The Labute approximate surface area is 153 Å². The Bertz CT molecular complexity index is 774. The first-order chi connectivity index (χ1) is 12.5. The van der Waals surface area contributed by atoms with E-state index in [4.69, 9.17) is 9.84 Å². The van der Waals surface area contributed by atoms with Crippen LogP contribution in [0.5, 0.6) is 5.75 Å². The van der Waals surface area contributed by atoms with Crippen molar-refractivity contribution >= 4 is 17.7 Å². The monoisotopic (exact) mass is 385 g/mol. The molecule has 7 nitrogen and oxygen atoms in total. The minimum Gasteiger partial charge on any atom is -0.490 e. The minimum absolute atomic E-state index is 0.152. The SMILES string of the molecule is CC(C)Oc1ccc(NC(=O)N2C[C@@H](C(F)(F)F)[C@H](C(=O)O)C2)cc1C#N. The van der Waals surface area contributed by atoms with Gasteiger partial charge in [0.1, 0.15) is 11.8 Å². The molecule has 0 unspecified atom stereocenters. The summed E-state index contributed by atoms with van der Waals surface area (Å²) in [7, 11) is 0. The van der Waals surface area contributed by atoms with Crippen molar-refractivity contribution in [3.8, 4) is 11.8 Å². The van der Waals surface area contributed by atoms with Gasteiger partial charge in [0.2, 0.25) is 0 Å². The number of likely N-dealkylation sites (tertiary alicyclic amines) is 1. The molecular weight excluding hydrogens is 367 g/mol. The number of alkyl halides is 3. The molecule has 0 aromatic heterocycles. The summed E-state index contributed by atoms with van der Waals surface area (Å²) in [6.07, 6.45) is -4.89. The first-order valence-corrected chi connectivity index (χ1v) is 8.09. The number of benzene rings is 1. The van der Waals surface area contributed by atoms with Gasteiger partial charge < -0.3 is 20.1 Å². The fourth-order valence-electron chi connectivity index (χ4n) is 2.81. The Hall–Kier alpha value is -2.96. The van der Waals surface area contributed by atoms with Crippen LogP contribution in [-0.4, -0.2) is 47.4 Å². The van der Waals surface area contributed by atoms with Crippen LogP contribution in [0.3, 0.4) is 0 Å². The second-order valence-electron chi connectivity index (χ2n) is 6.42. The summed E-state index contributed by atoms with van der Waals surface area (Å²) >= 11 is 0. The van der Waals surface area contributed by atoms with Gasteiger partial charge in [-0.3, -0.25) is 4.79 Å². The highest BCUT2D eigenvalue weighted by atomic mass is 19.4. The molecule has 2 amide bonds. The fourth-order valence-corrected chi connectivity index (χ4v) is 2.81. The molecule has 0 radical (unpaired) electrons. The Kier molecular flexibility index (Phi) is 5.83. The number of rotatable bonds is 4. The van der Waals surface area contributed by atoms with E-state index in [-0.39, 0.29) is 17.4 Å². The highest BCUT2D eigenvalue weighted by molar-refractivity contribution is 5.90. The molecule has 1 heterocycles. The first-order valence-electron chi connectivity index (χ1n) is 8.09. The summed E-state index contributed by atoms with van der Waals surface area (Å²) in [5, 5.41) is 20.6. The number of aliphatic carboxylic acids is 1. The molecular formula is C17H18F3N3O4. The summed E-state index contributed by atoms with van der Waals surface area (Å²) in [4.78, 5) is 24.2. The van der Waals surface area contributed by atoms with Crippen LogP contribution in [0.2, 0.25) is 0 Å². The van der Waals surface area contributed by atoms with E-state index in [0.29, 0.717) is 5.75 Å². The maximum Gasteiger partial charge on any atom is 0.394 e. The van der Waals surface area contributed by atoms with E-state index in [9.17, 15) is 28.0 Å². The lowest BCUT2D eigenvalue weighted by Crippen LogP contribution is -2.35. The van der Waals surface area contributed by atoms with Gasteiger partial charge >= 0.3 is 18.2 Å². The van der Waals surface area contributed by atoms with Gasteiger partial charge in [0.25, 0.3) is 0 Å². The van der Waals surface area contributed by atoms with Gasteiger partial charge in [-0.1, -0.05) is 0 Å². The Morgan fingerprint density at radius 2 is 2.04 bits per heavy atom. The number of hydrogen-bond acceptors (Lipinski definition) is 4. The quantitative estimate of drug-likeness (QED) is 0.829. The van der Waals surface area contributed by atoms with Crippen LogP contribution in [0.4, 0.5) is 23.7 Å². The van der Waals surface area contributed by atoms with Gasteiger partial charge in [-0.05, 0) is 32.0 Å². The van der Waals surface area contributed by atoms with Gasteiger partial charge in [0.05, 0.1) is 23.5 Å². The average Bonchev–Trinajstić information content (AvgIpc) is 3.02. The molecule has 1 aliphatic heterocycles. The normalized spacial score (nSPS) is 19.7. The lowest BCUT2D eigenvalue weighted by atomic mass is 9.96. The molecule has 0 saturated carbocycles. The van der Waals surface area contributed by atoms with Crippen molar-refractivity contribution in [1.82, 2.24) is 4.90 Å². The van der Waals surface area contributed by atoms with E-state index in [1.54, 1.807) is 13.8 Å². The summed E-state index contributed by atoms with van der Waals surface area (Å²) in [5.41, 5.74) is 0.342. The van der Waals surface area contributed by atoms with Crippen molar-refractivity contribution < 1.29 is 32.6 Å². The molecule has 2 rings (SSSR count). The second-order valence-corrected chi connectivity index (χ2v) is 6.42. The fraction of sp³-hybridized carbons (Fsp3) is 0.471. The van der Waals surface area contributed by atoms with Crippen molar-refractivity contribution in [3.05, 3.63) is 23.8 Å². The number of carbonyl (C=O) groups is 2. The summed E-state index contributed by atoms with van der Waals surface area (Å²) in [6.45, 7) is 2.26. The van der Waals surface area contributed by atoms with Crippen LogP contribution in [0.15, 0.2) is 18.2 Å². The molecule has 0 spiro atoms. The van der Waals surface area contributed by atoms with Crippen molar-refractivity contribution in [2.45, 2.75) is 26.1 Å². The van der Waals surface area contributed by atoms with Crippen LogP contribution < -0.4 is 10.1 Å². The first kappa shape index (κ1) is 20.4. The standard InChI is InChI=1S/C17H18F3N3O4/c1-9(2)27-14-4-3-11(5-10(14)6-21)22-16(26)23-7-12(15(24)25)13(8-23)17(18,19)20/h3-5,9,12-13H,7-8H2,1-2H3,(H,22,26)(H,24,25)/t12-,13-/m1/s1. The molecule has 1 aromatic rings. The highest BCUT2D eigenvalue weighted by Gasteiger charge is 2.53. The van der Waals surface area contributed by atoms with Crippen molar-refractivity contribution in [2.24, 2.45) is 11.8 Å². The predicted octanol–water partition coefficient (Wildman–Crippen LogP) is 3.07. The summed E-state index contributed by atoms with van der Waals surface area (Å²) < 4.78 is 44.5. The average molecular weight is 385 g/mol. The third kappa shape index (κ3) is 4.81. The van der Waals surface area contributed by atoms with Gasteiger partial charge in [0, 0.05) is 18.8 Å². The van der Waals surface area contributed by atoms with Crippen LogP contribution in [-0.2, 0) is 4.79 Å². The molecule has 27 heavy (non-hydrogen) atoms. The number of nitrogens with zero attached hydrogens (tertiary/aromatic N) is 2. The lowest BCUT2D eigenvalue weighted by Gasteiger charge is -2.19. The van der Waals surface area contributed by atoms with Crippen molar-refractivity contribution in [2.75, 3.05) is 18.4 Å². The van der Waals surface area contributed by atoms with Crippen LogP contribution in [0.1, 0.15) is 19.4 Å². The van der Waals surface area contributed by atoms with E-state index in [0.717, 1.165) is 4.90 Å². The number of amides is 2. The van der Waals surface area contributed by atoms with Gasteiger partial charge in [-0.2, -0.15) is 18.4 Å². The number of hydrogen-bond donors (Lipinski definition) is 2. The van der Waals surface area contributed by atoms with E-state index < -0.39 is 43.1 Å². The number of nitrogens with one attached hydrogen (secondary N) is 1. The molecule has 0 bridgehead atoms. The van der Waals surface area contributed by atoms with E-state index in [1.807, 2.05) is 6.07 Å². The zero-order valence-electron chi connectivity index (χ0n) is 14.6. The summed E-state index contributed by atoms with van der Waals surface area (Å²) in [6, 6.07) is 5.30. The molecule has 1 aliphatic rings. The highest BCUT2D eigenvalue weighted by Crippen LogP contribution is 2.38. The zero-order valence-corrected chi connectivity index (χ0v) is 14.6. The molecule has 1 aromatic carbocycles. The van der Waals surface area contributed by atoms with Crippen molar-refractivity contribution in [3.63, 3.8) is 0 Å². The Morgan fingerprint density at radius 3 is 2.52 bits per heavy atom. The number of carbonyl (C=O) groups excluding carboxylic acids is 1. The zero-order chi connectivity index (χ0) is 20.4. The van der Waals surface area contributed by atoms with Gasteiger partial charge in [-0.25, -0.2) is 4.79 Å². The molecule has 2 N–H and O–H groups in total. The number of nitriles is 1. The number of carboxylic acids is 1. The third-order valence-corrected chi connectivity index (χ3v) is 4.06. The smallest absolute Gasteiger partial charge is 0.394 e. The minimum atomic E-state index is -4.72. The Morgan fingerprint density at radius 1 is 1.37 bits per heavy atom. The predicted molar refractivity (Wildman–Crippen MR) is 88.2 cm³/mol. The van der Waals surface area contributed by atoms with Crippen LogP contribution >= 0.6 is 0 Å². The van der Waals surface area contributed by atoms with E-state index >= 15 is 0 Å². The van der Waals surface area contributed by atoms with Crippen LogP contribution in [0.25, 0.3) is 0 Å². The second kappa shape index (κ2) is 7.73. The van der Waals surface area contributed by atoms with Gasteiger partial charge in [0.15, 0.2) is 0 Å². The molecule has 2 atom stereocenters. The molecule has 1 saturated heterocycles. The molecule has 0 aliphatic carbocycles. The number of ether oxygens (including phenoxy) is 1. The maximum atomic E-state index is 13.0. The van der Waals surface area contributed by atoms with E-state index in [2.05, 4.69) is 5.32 Å². The molecule has 10 heteroatoms.